The number of hydrogen-bond acceptors (Lipinski definition) is 4. The predicted octanol–water partition coefficient (Wildman–Crippen LogP) is 2.18. The van der Waals surface area contributed by atoms with E-state index in [0.717, 1.165) is 17.8 Å². The van der Waals surface area contributed by atoms with Crippen LogP contribution in [0.3, 0.4) is 0 Å². The number of allylic oxidation sites excluding steroid dienone is 2. The molecule has 0 radical (unpaired) electrons. The van der Waals surface area contributed by atoms with Crippen LogP contribution in [0.5, 0.6) is 0 Å². The second kappa shape index (κ2) is 7.13. The van der Waals surface area contributed by atoms with Crippen molar-refractivity contribution in [2.45, 2.75) is 11.8 Å². The number of benzene rings is 1. The third-order valence-electron chi connectivity index (χ3n) is 2.13. The van der Waals surface area contributed by atoms with E-state index in [1.165, 1.54) is 24.3 Å². The molecule has 0 heterocycles. The number of sulfonamides is 1. The van der Waals surface area contributed by atoms with Gasteiger partial charge in [0.25, 0.3) is 15.9 Å². The van der Waals surface area contributed by atoms with Crippen molar-refractivity contribution in [3.05, 3.63) is 64.7 Å². The Balaban J connectivity index is 2.74. The molecule has 0 spiro atoms. The van der Waals surface area contributed by atoms with Gasteiger partial charge in [0.2, 0.25) is 0 Å². The Morgan fingerprint density at radius 1 is 1.30 bits per heavy atom. The lowest BCUT2D eigenvalue weighted by atomic mass is 10.2. The Labute approximate surface area is 116 Å². The lowest BCUT2D eigenvalue weighted by molar-refractivity contribution is -0.114. The smallest absolute Gasteiger partial charge is 0.264 e. The summed E-state index contributed by atoms with van der Waals surface area (Å²) in [5.41, 5.74) is 8.91. The van der Waals surface area contributed by atoms with Crippen molar-refractivity contribution in [2.75, 3.05) is 0 Å². The molecule has 20 heavy (non-hydrogen) atoms. The fourth-order valence-electron chi connectivity index (χ4n) is 1.20. The Kier molecular flexibility index (Phi) is 5.52. The SMILES string of the molecule is Cc1ccc(S(=O)(=O)NC(=O)/C=C/C=C/N=[N+]=[N-])cc1. The van der Waals surface area contributed by atoms with Crippen LogP contribution in [0.15, 0.2) is 58.7 Å². The number of carbonyl (C=O) groups excluding carboxylic acids is 1. The van der Waals surface area contributed by atoms with Gasteiger partial charge in [-0.15, -0.1) is 0 Å². The highest BCUT2D eigenvalue weighted by Crippen LogP contribution is 2.09. The molecule has 1 aromatic carbocycles. The lowest BCUT2D eigenvalue weighted by Gasteiger charge is -2.04. The maximum atomic E-state index is 11.8. The van der Waals surface area contributed by atoms with Gasteiger partial charge in [-0.05, 0) is 24.6 Å². The number of rotatable bonds is 5. The summed E-state index contributed by atoms with van der Waals surface area (Å²) in [5.74, 6) is -0.795. The molecule has 0 saturated carbocycles. The molecule has 0 aromatic heterocycles. The average molecular weight is 292 g/mol. The van der Waals surface area contributed by atoms with Crippen molar-refractivity contribution >= 4 is 15.9 Å². The highest BCUT2D eigenvalue weighted by Gasteiger charge is 2.15. The van der Waals surface area contributed by atoms with E-state index in [1.54, 1.807) is 12.1 Å². The topological polar surface area (TPSA) is 112 Å². The molecule has 7 nitrogen and oxygen atoms in total. The number of nitrogens with one attached hydrogen (secondary N) is 1. The Bertz CT molecular complexity index is 684. The van der Waals surface area contributed by atoms with Crippen LogP contribution < -0.4 is 4.72 Å². The molecule has 1 N–H and O–H groups in total. The van der Waals surface area contributed by atoms with Gasteiger partial charge in [-0.2, -0.15) is 0 Å². The van der Waals surface area contributed by atoms with Crippen molar-refractivity contribution in [1.29, 1.82) is 0 Å². The molecular weight excluding hydrogens is 280 g/mol. The summed E-state index contributed by atoms with van der Waals surface area (Å²) < 4.78 is 25.6. The van der Waals surface area contributed by atoms with Crippen molar-refractivity contribution in [3.8, 4) is 0 Å². The number of nitrogens with zero attached hydrogens (tertiary/aromatic N) is 3. The first kappa shape index (κ1) is 15.5. The zero-order chi connectivity index (χ0) is 15.0. The molecule has 104 valence electrons. The van der Waals surface area contributed by atoms with E-state index in [-0.39, 0.29) is 4.90 Å². The number of amides is 1. The maximum Gasteiger partial charge on any atom is 0.264 e. The molecule has 0 bridgehead atoms. The van der Waals surface area contributed by atoms with Crippen LogP contribution in [0.2, 0.25) is 0 Å². The van der Waals surface area contributed by atoms with Gasteiger partial charge in [-0.3, -0.25) is 4.79 Å². The number of azide groups is 1. The van der Waals surface area contributed by atoms with Crippen molar-refractivity contribution in [3.63, 3.8) is 0 Å². The molecular formula is C12H12N4O3S. The predicted molar refractivity (Wildman–Crippen MR) is 73.9 cm³/mol. The Hall–Kier alpha value is -2.57. The van der Waals surface area contributed by atoms with Crippen LogP contribution in [-0.4, -0.2) is 14.3 Å². The monoisotopic (exact) mass is 292 g/mol. The summed E-state index contributed by atoms with van der Waals surface area (Å²) in [6.07, 6.45) is 4.69. The average Bonchev–Trinajstić information content (AvgIpc) is 2.38. The van der Waals surface area contributed by atoms with Crippen LogP contribution in [-0.2, 0) is 14.8 Å². The standard InChI is InChI=1S/C12H12N4O3S/c1-10-5-7-11(8-6-10)20(18,19)15-12(17)4-2-3-9-14-16-13/h2-9H,1H3,(H,15,17)/b4-2+,9-3+. The van der Waals surface area contributed by atoms with Crippen LogP contribution in [0, 0.1) is 6.92 Å². The molecule has 1 aromatic rings. The summed E-state index contributed by atoms with van der Waals surface area (Å²) in [7, 11) is -3.88. The van der Waals surface area contributed by atoms with E-state index in [0.29, 0.717) is 0 Å². The number of hydrogen-bond donors (Lipinski definition) is 1. The van der Waals surface area contributed by atoms with Crippen LogP contribution in [0.1, 0.15) is 5.56 Å². The minimum absolute atomic E-state index is 0.00877. The van der Waals surface area contributed by atoms with E-state index in [9.17, 15) is 13.2 Å². The summed E-state index contributed by atoms with van der Waals surface area (Å²) in [5, 5.41) is 3.10. The number of carbonyl (C=O) groups is 1. The molecule has 8 heteroatoms. The van der Waals surface area contributed by atoms with Gasteiger partial charge in [0.05, 0.1) is 4.90 Å². The molecule has 1 amide bonds. The van der Waals surface area contributed by atoms with Gasteiger partial charge in [0.15, 0.2) is 0 Å². The third-order valence-corrected chi connectivity index (χ3v) is 3.49. The second-order valence-electron chi connectivity index (χ2n) is 3.69. The second-order valence-corrected chi connectivity index (χ2v) is 5.37. The Morgan fingerprint density at radius 3 is 2.55 bits per heavy atom. The van der Waals surface area contributed by atoms with Crippen LogP contribution >= 0.6 is 0 Å². The van der Waals surface area contributed by atoms with Crippen molar-refractivity contribution in [2.24, 2.45) is 5.11 Å². The highest BCUT2D eigenvalue weighted by molar-refractivity contribution is 7.90. The van der Waals surface area contributed by atoms with Gasteiger partial charge in [-0.1, -0.05) is 35.0 Å². The summed E-state index contributed by atoms with van der Waals surface area (Å²) >= 11 is 0. The van der Waals surface area contributed by atoms with E-state index >= 15 is 0 Å². The first-order chi connectivity index (χ1) is 9.45. The van der Waals surface area contributed by atoms with Crippen molar-refractivity contribution < 1.29 is 13.2 Å². The molecule has 0 fully saturated rings. The Morgan fingerprint density at radius 2 is 1.95 bits per heavy atom. The van der Waals surface area contributed by atoms with Gasteiger partial charge < -0.3 is 0 Å². The van der Waals surface area contributed by atoms with E-state index in [1.807, 2.05) is 11.6 Å². The maximum absolute atomic E-state index is 11.8. The molecule has 1 rings (SSSR count). The fraction of sp³-hybridized carbons (Fsp3) is 0.0833. The van der Waals surface area contributed by atoms with Gasteiger partial charge >= 0.3 is 0 Å². The first-order valence-electron chi connectivity index (χ1n) is 5.46. The first-order valence-corrected chi connectivity index (χ1v) is 6.95. The minimum atomic E-state index is -3.88. The summed E-state index contributed by atoms with van der Waals surface area (Å²) in [6, 6.07) is 6.10. The zero-order valence-electron chi connectivity index (χ0n) is 10.6. The number of aryl methyl sites for hydroxylation is 1. The molecule has 0 atom stereocenters. The van der Waals surface area contributed by atoms with Crippen LogP contribution in [0.4, 0.5) is 0 Å². The largest absolute Gasteiger partial charge is 0.269 e. The molecule has 0 aliphatic carbocycles. The van der Waals surface area contributed by atoms with Gasteiger partial charge in [-0.25, -0.2) is 13.1 Å². The van der Waals surface area contributed by atoms with E-state index < -0.39 is 15.9 Å². The molecule has 0 unspecified atom stereocenters. The van der Waals surface area contributed by atoms with E-state index in [2.05, 4.69) is 10.0 Å². The molecule has 0 saturated heterocycles. The van der Waals surface area contributed by atoms with Crippen LogP contribution in [0.25, 0.3) is 10.4 Å². The molecule has 0 aliphatic heterocycles. The lowest BCUT2D eigenvalue weighted by Crippen LogP contribution is -2.28. The van der Waals surface area contributed by atoms with Crippen molar-refractivity contribution in [1.82, 2.24) is 4.72 Å². The minimum Gasteiger partial charge on any atom is -0.269 e. The summed E-state index contributed by atoms with van der Waals surface area (Å²) in [4.78, 5) is 13.9. The normalized spacial score (nSPS) is 11.4. The van der Waals surface area contributed by atoms with Gasteiger partial charge in [0.1, 0.15) is 0 Å². The third kappa shape index (κ3) is 4.97. The van der Waals surface area contributed by atoms with Gasteiger partial charge in [0, 0.05) is 17.2 Å². The highest BCUT2D eigenvalue weighted by atomic mass is 32.2. The fourth-order valence-corrected chi connectivity index (χ4v) is 2.15. The summed E-state index contributed by atoms with van der Waals surface area (Å²) in [6.45, 7) is 1.83. The zero-order valence-corrected chi connectivity index (χ0v) is 11.4. The quantitative estimate of drug-likeness (QED) is 0.295. The van der Waals surface area contributed by atoms with E-state index in [4.69, 9.17) is 5.53 Å². The molecule has 0 aliphatic rings.